The molecule has 0 bridgehead atoms. The van der Waals surface area contributed by atoms with Gasteiger partial charge in [-0.05, 0) is 50.6 Å². The number of amides is 1. The molecule has 3 rings (SSSR count). The van der Waals surface area contributed by atoms with Crippen LogP contribution >= 0.6 is 0 Å². The molecule has 1 saturated heterocycles. The minimum Gasteiger partial charge on any atom is -0.397 e. The number of carbonyl (C=O) groups excluding carboxylic acids is 2. The average molecular weight is 377 g/mol. The number of rotatable bonds is 7. The summed E-state index contributed by atoms with van der Waals surface area (Å²) in [6.07, 6.45) is 2.39. The summed E-state index contributed by atoms with van der Waals surface area (Å²) in [4.78, 5) is 29.9. The molecule has 2 N–H and O–H groups in total. The highest BCUT2D eigenvalue weighted by Crippen LogP contribution is 2.21. The Morgan fingerprint density at radius 3 is 2.11 bits per heavy atom. The fraction of sp³-hybridized carbons (Fsp3) is 0.304. The van der Waals surface area contributed by atoms with Crippen molar-refractivity contribution in [3.05, 3.63) is 71.8 Å². The first-order valence-electron chi connectivity index (χ1n) is 9.73. The van der Waals surface area contributed by atoms with Gasteiger partial charge in [0, 0.05) is 18.8 Å². The number of benzene rings is 2. The van der Waals surface area contributed by atoms with Crippen molar-refractivity contribution in [3.63, 3.8) is 0 Å². The second-order valence-corrected chi connectivity index (χ2v) is 7.05. The van der Waals surface area contributed by atoms with Gasteiger partial charge >= 0.3 is 0 Å². The number of carbonyl (C=O) groups is 2. The van der Waals surface area contributed by atoms with Gasteiger partial charge in [0.1, 0.15) is 5.57 Å². The van der Waals surface area contributed by atoms with Crippen molar-refractivity contribution >= 4 is 23.1 Å². The zero-order valence-corrected chi connectivity index (χ0v) is 16.3. The van der Waals surface area contributed by atoms with Crippen molar-refractivity contribution < 1.29 is 9.59 Å². The minimum absolute atomic E-state index is 0.0384. The maximum absolute atomic E-state index is 13.5. The predicted molar refractivity (Wildman–Crippen MR) is 113 cm³/mol. The molecule has 0 radical (unpaired) electrons. The third-order valence-electron chi connectivity index (χ3n) is 5.07. The van der Waals surface area contributed by atoms with Gasteiger partial charge in [-0.2, -0.15) is 0 Å². The van der Waals surface area contributed by atoms with Gasteiger partial charge in [0.15, 0.2) is 5.78 Å². The van der Waals surface area contributed by atoms with Crippen molar-refractivity contribution in [1.29, 1.82) is 0 Å². The molecular weight excluding hydrogens is 350 g/mol. The summed E-state index contributed by atoms with van der Waals surface area (Å²) >= 11 is 0. The SMILES string of the molecule is CC(=O)/C(C(=O)N(CCN1CCCC1)c1ccccc1)=C(/N)c1ccccc1. The van der Waals surface area contributed by atoms with E-state index < -0.39 is 0 Å². The zero-order chi connectivity index (χ0) is 19.9. The Bertz CT molecular complexity index is 841. The highest BCUT2D eigenvalue weighted by molar-refractivity contribution is 6.27. The first kappa shape index (κ1) is 19.8. The Morgan fingerprint density at radius 2 is 1.54 bits per heavy atom. The molecule has 0 atom stereocenters. The highest BCUT2D eigenvalue weighted by Gasteiger charge is 2.27. The van der Waals surface area contributed by atoms with Crippen LogP contribution in [0.1, 0.15) is 25.3 Å². The minimum atomic E-state index is -0.348. The van der Waals surface area contributed by atoms with Gasteiger partial charge in [-0.3, -0.25) is 9.59 Å². The molecule has 5 nitrogen and oxygen atoms in total. The first-order chi connectivity index (χ1) is 13.6. The van der Waals surface area contributed by atoms with E-state index in [9.17, 15) is 9.59 Å². The van der Waals surface area contributed by atoms with Gasteiger partial charge in [0.05, 0.1) is 5.70 Å². The molecular formula is C23H27N3O2. The second kappa shape index (κ2) is 9.33. The van der Waals surface area contributed by atoms with Crippen LogP contribution in [0.15, 0.2) is 66.2 Å². The Hall–Kier alpha value is -2.92. The van der Waals surface area contributed by atoms with E-state index in [-0.39, 0.29) is 23.0 Å². The molecule has 1 heterocycles. The number of nitrogens with zero attached hydrogens (tertiary/aromatic N) is 2. The van der Waals surface area contributed by atoms with Gasteiger partial charge in [-0.25, -0.2) is 0 Å². The Balaban J connectivity index is 1.94. The molecule has 146 valence electrons. The van der Waals surface area contributed by atoms with Crippen molar-refractivity contribution in [2.24, 2.45) is 5.73 Å². The molecule has 0 spiro atoms. The fourth-order valence-corrected chi connectivity index (χ4v) is 3.56. The van der Waals surface area contributed by atoms with Gasteiger partial charge < -0.3 is 15.5 Å². The van der Waals surface area contributed by atoms with Crippen LogP contribution in [0.3, 0.4) is 0 Å². The molecule has 2 aromatic carbocycles. The van der Waals surface area contributed by atoms with Crippen LogP contribution in [0.4, 0.5) is 5.69 Å². The number of ketones is 1. The van der Waals surface area contributed by atoms with Crippen molar-refractivity contribution in [2.45, 2.75) is 19.8 Å². The third-order valence-corrected chi connectivity index (χ3v) is 5.07. The molecule has 1 amide bonds. The van der Waals surface area contributed by atoms with Crippen LogP contribution in [0.2, 0.25) is 0 Å². The van der Waals surface area contributed by atoms with E-state index in [0.29, 0.717) is 12.1 Å². The molecule has 1 aliphatic heterocycles. The lowest BCUT2D eigenvalue weighted by atomic mass is 10.0. The summed E-state index contributed by atoms with van der Waals surface area (Å²) in [6, 6.07) is 18.6. The number of likely N-dealkylation sites (tertiary alicyclic amines) is 1. The maximum Gasteiger partial charge on any atom is 0.264 e. The smallest absolute Gasteiger partial charge is 0.264 e. The number of nitrogens with two attached hydrogens (primary N) is 1. The molecule has 28 heavy (non-hydrogen) atoms. The number of anilines is 1. The Morgan fingerprint density at radius 1 is 0.964 bits per heavy atom. The molecule has 1 fully saturated rings. The van der Waals surface area contributed by atoms with Crippen LogP contribution in [0.25, 0.3) is 5.70 Å². The summed E-state index contributed by atoms with van der Waals surface area (Å²) in [7, 11) is 0. The van der Waals surface area contributed by atoms with Gasteiger partial charge in [-0.1, -0.05) is 48.5 Å². The Kier molecular flexibility index (Phi) is 6.61. The van der Waals surface area contributed by atoms with Crippen molar-refractivity contribution in [1.82, 2.24) is 4.90 Å². The van der Waals surface area contributed by atoms with Crippen LogP contribution in [-0.4, -0.2) is 42.8 Å². The van der Waals surface area contributed by atoms with E-state index in [0.717, 1.165) is 25.3 Å². The van der Waals surface area contributed by atoms with E-state index in [2.05, 4.69) is 4.90 Å². The second-order valence-electron chi connectivity index (χ2n) is 7.05. The van der Waals surface area contributed by atoms with E-state index in [4.69, 9.17) is 5.73 Å². The van der Waals surface area contributed by atoms with Gasteiger partial charge in [0.2, 0.25) is 0 Å². The normalized spacial score (nSPS) is 15.2. The van der Waals surface area contributed by atoms with Crippen molar-refractivity contribution in [3.8, 4) is 0 Å². The van der Waals surface area contributed by atoms with Crippen LogP contribution in [-0.2, 0) is 9.59 Å². The van der Waals surface area contributed by atoms with Gasteiger partial charge in [0.25, 0.3) is 5.91 Å². The lowest BCUT2D eigenvalue weighted by molar-refractivity contribution is -0.120. The standard InChI is InChI=1S/C23H27N3O2/c1-18(27)21(22(24)19-10-4-2-5-11-19)23(28)26(20-12-6-3-7-13-20)17-16-25-14-8-9-15-25/h2-7,10-13H,8-9,14-17,24H2,1H3/b22-21-. The number of para-hydroxylation sites is 1. The average Bonchev–Trinajstić information content (AvgIpc) is 3.23. The molecule has 0 aromatic heterocycles. The van der Waals surface area contributed by atoms with Crippen molar-refractivity contribution in [2.75, 3.05) is 31.1 Å². The predicted octanol–water partition coefficient (Wildman–Crippen LogP) is 3.07. The van der Waals surface area contributed by atoms with Crippen LogP contribution in [0, 0.1) is 0 Å². The topological polar surface area (TPSA) is 66.6 Å². The molecule has 1 aliphatic rings. The van der Waals surface area contributed by atoms with E-state index >= 15 is 0 Å². The summed E-state index contributed by atoms with van der Waals surface area (Å²) in [5.41, 5.74) is 7.98. The maximum atomic E-state index is 13.5. The van der Waals surface area contributed by atoms with E-state index in [1.54, 1.807) is 4.90 Å². The summed E-state index contributed by atoms with van der Waals surface area (Å²) in [5, 5.41) is 0. The van der Waals surface area contributed by atoms with E-state index in [1.165, 1.54) is 19.8 Å². The zero-order valence-electron chi connectivity index (χ0n) is 16.3. The molecule has 0 saturated carbocycles. The number of hydrogen-bond donors (Lipinski definition) is 1. The third kappa shape index (κ3) is 4.67. The molecule has 2 aromatic rings. The summed E-state index contributed by atoms with van der Waals surface area (Å²) in [5.74, 6) is -0.673. The monoisotopic (exact) mass is 377 g/mol. The molecule has 0 aliphatic carbocycles. The quantitative estimate of drug-likeness (QED) is 0.457. The largest absolute Gasteiger partial charge is 0.397 e. The molecule has 5 heteroatoms. The lowest BCUT2D eigenvalue weighted by Gasteiger charge is -2.26. The van der Waals surface area contributed by atoms with Crippen LogP contribution < -0.4 is 10.6 Å². The van der Waals surface area contributed by atoms with E-state index in [1.807, 2.05) is 60.7 Å². The summed E-state index contributed by atoms with van der Waals surface area (Å²) in [6.45, 7) is 4.79. The fourth-order valence-electron chi connectivity index (χ4n) is 3.56. The first-order valence-corrected chi connectivity index (χ1v) is 9.73. The Labute approximate surface area is 166 Å². The molecule has 0 unspecified atom stereocenters. The number of Topliss-reactive ketones (excluding diaryl/α,β-unsaturated/α-hetero) is 1. The van der Waals surface area contributed by atoms with Crippen LogP contribution in [0.5, 0.6) is 0 Å². The summed E-state index contributed by atoms with van der Waals surface area (Å²) < 4.78 is 0. The van der Waals surface area contributed by atoms with Gasteiger partial charge in [-0.15, -0.1) is 0 Å². The lowest BCUT2D eigenvalue weighted by Crippen LogP contribution is -2.40. The highest BCUT2D eigenvalue weighted by atomic mass is 16.2. The number of hydrogen-bond acceptors (Lipinski definition) is 4.